The molecule has 0 aliphatic carbocycles. The van der Waals surface area contributed by atoms with Crippen LogP contribution in [0.25, 0.3) is 10.6 Å². The van der Waals surface area contributed by atoms with Gasteiger partial charge in [0.15, 0.2) is 0 Å². The molecule has 7 heteroatoms. The van der Waals surface area contributed by atoms with E-state index in [1.165, 1.54) is 4.88 Å². The van der Waals surface area contributed by atoms with Gasteiger partial charge in [-0.3, -0.25) is 10.1 Å². The monoisotopic (exact) mass is 413 g/mol. The fraction of sp³-hybridized carbons (Fsp3) is 0.333. The van der Waals surface area contributed by atoms with Crippen LogP contribution in [-0.2, 0) is 16.1 Å². The van der Waals surface area contributed by atoms with E-state index < -0.39 is 0 Å². The molecule has 3 aromatic rings. The topological polar surface area (TPSA) is 54.5 Å². The molecule has 1 aromatic carbocycles. The van der Waals surface area contributed by atoms with E-state index in [0.29, 0.717) is 32.8 Å². The minimum absolute atomic E-state index is 0.112. The van der Waals surface area contributed by atoms with Gasteiger partial charge in [0, 0.05) is 29.9 Å². The Morgan fingerprint density at radius 2 is 2.00 bits per heavy atom. The molecule has 146 valence electrons. The smallest absolute Gasteiger partial charge is 0.244 e. The van der Waals surface area contributed by atoms with Crippen LogP contribution >= 0.6 is 22.7 Å². The van der Waals surface area contributed by atoms with Crippen LogP contribution in [0.2, 0.25) is 0 Å². The van der Waals surface area contributed by atoms with Crippen LogP contribution in [0.4, 0.5) is 0 Å². The third kappa shape index (κ3) is 4.50. The summed E-state index contributed by atoms with van der Waals surface area (Å²) in [7, 11) is 0. The predicted octanol–water partition coefficient (Wildman–Crippen LogP) is 3.87. The first-order valence-electron chi connectivity index (χ1n) is 9.37. The summed E-state index contributed by atoms with van der Waals surface area (Å²) in [5.41, 5.74) is 2.02. The second-order valence-corrected chi connectivity index (χ2v) is 8.91. The van der Waals surface area contributed by atoms with Gasteiger partial charge in [0.1, 0.15) is 6.04 Å². The number of benzene rings is 1. The number of thiophene rings is 1. The van der Waals surface area contributed by atoms with Crippen molar-refractivity contribution in [3.8, 4) is 10.6 Å². The van der Waals surface area contributed by atoms with Crippen molar-refractivity contribution >= 4 is 28.6 Å². The maximum atomic E-state index is 13.2. The lowest BCUT2D eigenvalue weighted by molar-refractivity contribution is -0.137. The molecule has 0 bridgehead atoms. The summed E-state index contributed by atoms with van der Waals surface area (Å²) >= 11 is 3.38. The largest absolute Gasteiger partial charge is 0.378 e. The van der Waals surface area contributed by atoms with Gasteiger partial charge >= 0.3 is 0 Å². The fourth-order valence-electron chi connectivity index (χ4n) is 3.25. The number of hydrogen-bond acceptors (Lipinski definition) is 6. The highest BCUT2D eigenvalue weighted by Gasteiger charge is 2.27. The van der Waals surface area contributed by atoms with Crippen molar-refractivity contribution in [2.75, 3.05) is 26.3 Å². The number of rotatable bonds is 6. The molecule has 1 amide bonds. The molecule has 28 heavy (non-hydrogen) atoms. The lowest BCUT2D eigenvalue weighted by Gasteiger charge is -2.31. The Hall–Kier alpha value is -2.06. The van der Waals surface area contributed by atoms with Crippen molar-refractivity contribution in [1.29, 1.82) is 0 Å². The van der Waals surface area contributed by atoms with Gasteiger partial charge in [0.25, 0.3) is 0 Å². The molecule has 1 aliphatic heterocycles. The van der Waals surface area contributed by atoms with Gasteiger partial charge in [0.05, 0.1) is 28.8 Å². The standard InChI is InChI=1S/C21H23N3O2S2/c1-15-23-18(14-27-15)19-8-7-17(28-19)13-22-20(16-5-3-2-4-6-16)21(25)24-9-11-26-12-10-24/h2-8,14,20,22H,9-13H2,1H3. The van der Waals surface area contributed by atoms with Crippen LogP contribution in [0, 0.1) is 6.92 Å². The Labute approximate surface area is 173 Å². The number of nitrogens with one attached hydrogen (secondary N) is 1. The first kappa shape index (κ1) is 19.3. The van der Waals surface area contributed by atoms with E-state index >= 15 is 0 Å². The van der Waals surface area contributed by atoms with Gasteiger partial charge in [-0.1, -0.05) is 30.3 Å². The molecular formula is C21H23N3O2S2. The molecule has 0 radical (unpaired) electrons. The van der Waals surface area contributed by atoms with Crippen molar-refractivity contribution in [2.24, 2.45) is 0 Å². The quantitative estimate of drug-likeness (QED) is 0.667. The van der Waals surface area contributed by atoms with Crippen molar-refractivity contribution in [2.45, 2.75) is 19.5 Å². The summed E-state index contributed by atoms with van der Waals surface area (Å²) < 4.78 is 5.39. The molecule has 0 spiro atoms. The Morgan fingerprint density at radius 3 is 2.71 bits per heavy atom. The van der Waals surface area contributed by atoms with E-state index in [4.69, 9.17) is 4.74 Å². The highest BCUT2D eigenvalue weighted by Crippen LogP contribution is 2.29. The molecular weight excluding hydrogens is 390 g/mol. The van der Waals surface area contributed by atoms with Crippen LogP contribution < -0.4 is 5.32 Å². The van der Waals surface area contributed by atoms with Crippen LogP contribution in [0.15, 0.2) is 47.8 Å². The lowest BCUT2D eigenvalue weighted by Crippen LogP contribution is -2.46. The molecule has 5 nitrogen and oxygen atoms in total. The number of aromatic nitrogens is 1. The summed E-state index contributed by atoms with van der Waals surface area (Å²) in [6.07, 6.45) is 0. The SMILES string of the molecule is Cc1nc(-c2ccc(CNC(C(=O)N3CCOCC3)c3ccccc3)s2)cs1. The van der Waals surface area contributed by atoms with E-state index in [9.17, 15) is 4.79 Å². The molecule has 3 heterocycles. The number of aryl methyl sites for hydroxylation is 1. The van der Waals surface area contributed by atoms with E-state index in [0.717, 1.165) is 21.1 Å². The van der Waals surface area contributed by atoms with Crippen LogP contribution in [0.5, 0.6) is 0 Å². The normalized spacial score (nSPS) is 15.5. The highest BCUT2D eigenvalue weighted by atomic mass is 32.1. The van der Waals surface area contributed by atoms with E-state index in [-0.39, 0.29) is 11.9 Å². The summed E-state index contributed by atoms with van der Waals surface area (Å²) in [6, 6.07) is 13.8. The Bertz CT molecular complexity index is 917. The fourth-order valence-corrected chi connectivity index (χ4v) is 4.86. The Kier molecular flexibility index (Phi) is 6.17. The minimum atomic E-state index is -0.355. The van der Waals surface area contributed by atoms with Gasteiger partial charge in [-0.05, 0) is 24.6 Å². The number of hydrogen-bond donors (Lipinski definition) is 1. The number of carbonyl (C=O) groups excluding carboxylic acids is 1. The minimum Gasteiger partial charge on any atom is -0.378 e. The number of carbonyl (C=O) groups is 1. The average Bonchev–Trinajstić information content (AvgIpc) is 3.38. The Balaban J connectivity index is 1.48. The molecule has 0 saturated carbocycles. The van der Waals surface area contributed by atoms with Crippen molar-refractivity contribution < 1.29 is 9.53 Å². The average molecular weight is 414 g/mol. The van der Waals surface area contributed by atoms with Gasteiger partial charge in [-0.25, -0.2) is 4.98 Å². The number of nitrogens with zero attached hydrogens (tertiary/aromatic N) is 2. The molecule has 1 unspecified atom stereocenters. The second kappa shape index (κ2) is 8.96. The number of ether oxygens (including phenoxy) is 1. The third-order valence-corrected chi connectivity index (χ3v) is 6.60. The lowest BCUT2D eigenvalue weighted by atomic mass is 10.1. The first-order chi connectivity index (χ1) is 13.7. The van der Waals surface area contributed by atoms with Crippen LogP contribution in [-0.4, -0.2) is 42.1 Å². The Morgan fingerprint density at radius 1 is 1.21 bits per heavy atom. The first-order valence-corrected chi connectivity index (χ1v) is 11.1. The predicted molar refractivity (Wildman–Crippen MR) is 114 cm³/mol. The summed E-state index contributed by atoms with van der Waals surface area (Å²) in [5.74, 6) is 0.112. The summed E-state index contributed by atoms with van der Waals surface area (Å²) in [5, 5.41) is 6.64. The maximum absolute atomic E-state index is 13.2. The summed E-state index contributed by atoms with van der Waals surface area (Å²) in [6.45, 7) is 5.17. The molecule has 1 N–H and O–H groups in total. The zero-order chi connectivity index (χ0) is 19.3. The maximum Gasteiger partial charge on any atom is 0.244 e. The van der Waals surface area contributed by atoms with Crippen LogP contribution in [0.1, 0.15) is 21.5 Å². The van der Waals surface area contributed by atoms with Crippen molar-refractivity contribution in [1.82, 2.24) is 15.2 Å². The third-order valence-electron chi connectivity index (χ3n) is 4.72. The van der Waals surface area contributed by atoms with Gasteiger partial charge < -0.3 is 9.64 Å². The van der Waals surface area contributed by atoms with Gasteiger partial charge in [0.2, 0.25) is 5.91 Å². The van der Waals surface area contributed by atoms with Gasteiger partial charge in [-0.15, -0.1) is 22.7 Å². The molecule has 4 rings (SSSR count). The number of amides is 1. The second-order valence-electron chi connectivity index (χ2n) is 6.68. The van der Waals surface area contributed by atoms with Crippen LogP contribution in [0.3, 0.4) is 0 Å². The molecule has 2 aromatic heterocycles. The molecule has 1 aliphatic rings. The molecule has 1 fully saturated rings. The zero-order valence-corrected chi connectivity index (χ0v) is 17.4. The number of morpholine rings is 1. The van der Waals surface area contributed by atoms with E-state index in [1.54, 1.807) is 22.7 Å². The van der Waals surface area contributed by atoms with E-state index in [2.05, 4.69) is 27.8 Å². The molecule has 1 atom stereocenters. The van der Waals surface area contributed by atoms with E-state index in [1.807, 2.05) is 42.2 Å². The van der Waals surface area contributed by atoms with Crippen molar-refractivity contribution in [3.05, 3.63) is 63.3 Å². The number of thiazole rings is 1. The zero-order valence-electron chi connectivity index (χ0n) is 15.8. The summed E-state index contributed by atoms with van der Waals surface area (Å²) in [4.78, 5) is 22.0. The highest BCUT2D eigenvalue weighted by molar-refractivity contribution is 7.16. The molecule has 1 saturated heterocycles. The van der Waals surface area contributed by atoms with Crippen molar-refractivity contribution in [3.63, 3.8) is 0 Å². The van der Waals surface area contributed by atoms with Gasteiger partial charge in [-0.2, -0.15) is 0 Å².